The van der Waals surface area contributed by atoms with Crippen molar-refractivity contribution in [2.45, 2.75) is 19.3 Å². The Kier molecular flexibility index (Phi) is 5.72. The van der Waals surface area contributed by atoms with Crippen molar-refractivity contribution in [3.05, 3.63) is 60.2 Å². The molecule has 1 N–H and O–H groups in total. The summed E-state index contributed by atoms with van der Waals surface area (Å²) in [4.78, 5) is 11.9. The number of carbonyl (C=O) groups is 1. The van der Waals surface area contributed by atoms with Crippen LogP contribution in [0.25, 0.3) is 0 Å². The highest BCUT2D eigenvalue weighted by Gasteiger charge is 2.19. The predicted octanol–water partition coefficient (Wildman–Crippen LogP) is 3.21. The minimum absolute atomic E-state index is 0.0746. The Morgan fingerprint density at radius 3 is 2.79 bits per heavy atom. The predicted molar refractivity (Wildman–Crippen MR) is 93.3 cm³/mol. The van der Waals surface area contributed by atoms with E-state index in [1.807, 2.05) is 48.5 Å². The van der Waals surface area contributed by atoms with Gasteiger partial charge in [0.15, 0.2) is 0 Å². The van der Waals surface area contributed by atoms with Crippen molar-refractivity contribution in [1.82, 2.24) is 5.32 Å². The first-order chi connectivity index (χ1) is 11.8. The first kappa shape index (κ1) is 16.4. The van der Waals surface area contributed by atoms with E-state index in [0.717, 1.165) is 17.9 Å². The lowest BCUT2D eigenvalue weighted by atomic mass is 9.97. The maximum atomic E-state index is 11.9. The van der Waals surface area contributed by atoms with Gasteiger partial charge in [0.25, 0.3) is 0 Å². The van der Waals surface area contributed by atoms with Gasteiger partial charge in [0.05, 0.1) is 13.2 Å². The molecule has 3 rings (SSSR count). The molecule has 1 aliphatic rings. The highest BCUT2D eigenvalue weighted by molar-refractivity contribution is 5.75. The van der Waals surface area contributed by atoms with Crippen LogP contribution in [-0.4, -0.2) is 25.7 Å². The Balaban J connectivity index is 1.32. The van der Waals surface area contributed by atoms with Crippen LogP contribution in [-0.2, 0) is 11.2 Å². The molecule has 0 saturated heterocycles. The SMILES string of the molecule is O=C(CCCOc1ccccc1)NCC1COc2ccccc2C1. The Hall–Kier alpha value is -2.49. The Morgan fingerprint density at radius 2 is 1.92 bits per heavy atom. The number of carbonyl (C=O) groups excluding carboxylic acids is 1. The van der Waals surface area contributed by atoms with E-state index in [1.165, 1.54) is 5.56 Å². The molecular formula is C20H23NO3. The number of benzene rings is 2. The molecule has 0 aromatic heterocycles. The van der Waals surface area contributed by atoms with Crippen molar-refractivity contribution >= 4 is 5.91 Å². The number of para-hydroxylation sites is 2. The summed E-state index contributed by atoms with van der Waals surface area (Å²) in [5, 5.41) is 3.01. The molecule has 1 aliphatic heterocycles. The van der Waals surface area contributed by atoms with Crippen LogP contribution < -0.4 is 14.8 Å². The molecule has 4 heteroatoms. The highest BCUT2D eigenvalue weighted by atomic mass is 16.5. The number of hydrogen-bond acceptors (Lipinski definition) is 3. The molecule has 1 atom stereocenters. The number of fused-ring (bicyclic) bond motifs is 1. The van der Waals surface area contributed by atoms with Gasteiger partial charge >= 0.3 is 0 Å². The summed E-state index contributed by atoms with van der Waals surface area (Å²) in [7, 11) is 0. The number of hydrogen-bond donors (Lipinski definition) is 1. The molecule has 2 aromatic rings. The number of rotatable bonds is 7. The third-order valence-electron chi connectivity index (χ3n) is 4.10. The fraction of sp³-hybridized carbons (Fsp3) is 0.350. The van der Waals surface area contributed by atoms with Gasteiger partial charge in [0, 0.05) is 18.9 Å². The largest absolute Gasteiger partial charge is 0.494 e. The zero-order valence-corrected chi connectivity index (χ0v) is 13.7. The molecule has 1 unspecified atom stereocenters. The molecule has 2 aromatic carbocycles. The van der Waals surface area contributed by atoms with Gasteiger partial charge in [-0.05, 0) is 36.6 Å². The van der Waals surface area contributed by atoms with E-state index in [0.29, 0.717) is 38.5 Å². The van der Waals surface area contributed by atoms with E-state index in [-0.39, 0.29) is 5.91 Å². The molecule has 0 aliphatic carbocycles. The van der Waals surface area contributed by atoms with Crippen molar-refractivity contribution in [1.29, 1.82) is 0 Å². The third kappa shape index (κ3) is 4.75. The second-order valence-corrected chi connectivity index (χ2v) is 6.06. The number of ether oxygens (including phenoxy) is 2. The van der Waals surface area contributed by atoms with Crippen LogP contribution in [0.15, 0.2) is 54.6 Å². The van der Waals surface area contributed by atoms with Crippen LogP contribution >= 0.6 is 0 Å². The minimum atomic E-state index is 0.0746. The maximum absolute atomic E-state index is 11.9. The smallest absolute Gasteiger partial charge is 0.220 e. The Morgan fingerprint density at radius 1 is 1.12 bits per heavy atom. The monoisotopic (exact) mass is 325 g/mol. The van der Waals surface area contributed by atoms with Crippen LogP contribution in [0.5, 0.6) is 11.5 Å². The van der Waals surface area contributed by atoms with E-state index < -0.39 is 0 Å². The first-order valence-corrected chi connectivity index (χ1v) is 8.46. The normalized spacial score (nSPS) is 15.9. The van der Waals surface area contributed by atoms with Crippen molar-refractivity contribution < 1.29 is 14.3 Å². The molecule has 0 radical (unpaired) electrons. The van der Waals surface area contributed by atoms with Gasteiger partial charge in [-0.3, -0.25) is 4.79 Å². The molecule has 0 spiro atoms. The second kappa shape index (κ2) is 8.39. The molecule has 24 heavy (non-hydrogen) atoms. The summed E-state index contributed by atoms with van der Waals surface area (Å²) < 4.78 is 11.3. The van der Waals surface area contributed by atoms with Crippen molar-refractivity contribution in [2.75, 3.05) is 19.8 Å². The zero-order valence-electron chi connectivity index (χ0n) is 13.7. The van der Waals surface area contributed by atoms with Crippen LogP contribution in [0, 0.1) is 5.92 Å². The topological polar surface area (TPSA) is 47.6 Å². The average Bonchev–Trinajstić information content (AvgIpc) is 2.64. The van der Waals surface area contributed by atoms with Gasteiger partial charge < -0.3 is 14.8 Å². The summed E-state index contributed by atoms with van der Waals surface area (Å²) in [6.45, 7) is 1.87. The van der Waals surface area contributed by atoms with E-state index in [9.17, 15) is 4.79 Å². The van der Waals surface area contributed by atoms with Crippen LogP contribution in [0.1, 0.15) is 18.4 Å². The summed E-state index contributed by atoms with van der Waals surface area (Å²) in [5.74, 6) is 2.23. The molecule has 0 saturated carbocycles. The zero-order chi connectivity index (χ0) is 16.6. The third-order valence-corrected chi connectivity index (χ3v) is 4.10. The summed E-state index contributed by atoms with van der Waals surface area (Å²) in [5.41, 5.74) is 1.22. The fourth-order valence-electron chi connectivity index (χ4n) is 2.81. The van der Waals surface area contributed by atoms with Crippen LogP contribution in [0.4, 0.5) is 0 Å². The van der Waals surface area contributed by atoms with E-state index in [2.05, 4.69) is 11.4 Å². The average molecular weight is 325 g/mol. The molecule has 1 amide bonds. The first-order valence-electron chi connectivity index (χ1n) is 8.46. The van der Waals surface area contributed by atoms with Crippen molar-refractivity contribution in [3.63, 3.8) is 0 Å². The standard InChI is InChI=1S/C20H23NO3/c22-20(11-6-12-23-18-8-2-1-3-9-18)21-14-16-13-17-7-4-5-10-19(17)24-15-16/h1-5,7-10,16H,6,11-15H2,(H,21,22). The number of nitrogens with one attached hydrogen (secondary N) is 1. The molecule has 126 valence electrons. The van der Waals surface area contributed by atoms with Crippen LogP contribution in [0.2, 0.25) is 0 Å². The van der Waals surface area contributed by atoms with Crippen molar-refractivity contribution in [2.24, 2.45) is 5.92 Å². The molecule has 4 nitrogen and oxygen atoms in total. The summed E-state index contributed by atoms with van der Waals surface area (Å²) in [6, 6.07) is 17.8. The van der Waals surface area contributed by atoms with Crippen molar-refractivity contribution in [3.8, 4) is 11.5 Å². The highest BCUT2D eigenvalue weighted by Crippen LogP contribution is 2.26. The minimum Gasteiger partial charge on any atom is -0.494 e. The van der Waals surface area contributed by atoms with Gasteiger partial charge in [-0.25, -0.2) is 0 Å². The quantitative estimate of drug-likeness (QED) is 0.795. The van der Waals surface area contributed by atoms with Gasteiger partial charge in [-0.2, -0.15) is 0 Å². The molecular weight excluding hydrogens is 302 g/mol. The second-order valence-electron chi connectivity index (χ2n) is 6.06. The Labute approximate surface area is 142 Å². The lowest BCUT2D eigenvalue weighted by molar-refractivity contribution is -0.121. The van der Waals surface area contributed by atoms with Gasteiger partial charge in [-0.1, -0.05) is 36.4 Å². The molecule has 0 bridgehead atoms. The van der Waals surface area contributed by atoms with E-state index >= 15 is 0 Å². The summed E-state index contributed by atoms with van der Waals surface area (Å²) >= 11 is 0. The van der Waals surface area contributed by atoms with E-state index in [1.54, 1.807) is 0 Å². The number of amides is 1. The molecule has 0 fully saturated rings. The Bertz CT molecular complexity index is 657. The maximum Gasteiger partial charge on any atom is 0.220 e. The summed E-state index contributed by atoms with van der Waals surface area (Å²) in [6.07, 6.45) is 2.15. The van der Waals surface area contributed by atoms with E-state index in [4.69, 9.17) is 9.47 Å². The van der Waals surface area contributed by atoms with Gasteiger partial charge in [-0.15, -0.1) is 0 Å². The van der Waals surface area contributed by atoms with Gasteiger partial charge in [0.1, 0.15) is 11.5 Å². The lowest BCUT2D eigenvalue weighted by Crippen LogP contribution is -2.34. The van der Waals surface area contributed by atoms with Crippen LogP contribution in [0.3, 0.4) is 0 Å². The van der Waals surface area contributed by atoms with Gasteiger partial charge in [0.2, 0.25) is 5.91 Å². The molecule has 1 heterocycles. The lowest BCUT2D eigenvalue weighted by Gasteiger charge is -2.25. The fourth-order valence-corrected chi connectivity index (χ4v) is 2.81.